The zero-order valence-electron chi connectivity index (χ0n) is 19.2. The van der Waals surface area contributed by atoms with Crippen molar-refractivity contribution in [2.24, 2.45) is 5.92 Å². The van der Waals surface area contributed by atoms with Crippen molar-refractivity contribution in [2.75, 3.05) is 19.8 Å². The van der Waals surface area contributed by atoms with Gasteiger partial charge < -0.3 is 0 Å². The Bertz CT molecular complexity index is 987. The van der Waals surface area contributed by atoms with Crippen LogP contribution >= 0.6 is 16.4 Å². The fraction of sp³-hybridized carbons (Fsp3) is 0.478. The molecule has 1 aliphatic heterocycles. The summed E-state index contributed by atoms with van der Waals surface area (Å²) < 4.78 is 85.0. The molecule has 2 aromatic carbocycles. The van der Waals surface area contributed by atoms with Gasteiger partial charge in [0.25, 0.3) is 0 Å². The summed E-state index contributed by atoms with van der Waals surface area (Å²) >= 11 is 5.02. The molecule has 1 fully saturated rings. The maximum absolute atomic E-state index is 13.5. The van der Waals surface area contributed by atoms with Gasteiger partial charge in [0.2, 0.25) is 0 Å². The van der Waals surface area contributed by atoms with Gasteiger partial charge in [0.05, 0.1) is 0 Å². The summed E-state index contributed by atoms with van der Waals surface area (Å²) in [6.07, 6.45) is -8.05. The fourth-order valence-corrected chi connectivity index (χ4v) is 12.2. The summed E-state index contributed by atoms with van der Waals surface area (Å²) in [5, 5.41) is -2.23. The number of benzene rings is 2. The first kappa shape index (κ1) is 27.8. The van der Waals surface area contributed by atoms with Gasteiger partial charge in [-0.1, -0.05) is 0 Å². The molecule has 1 unspecified atom stereocenters. The van der Waals surface area contributed by atoms with Gasteiger partial charge in [0.15, 0.2) is 0 Å². The van der Waals surface area contributed by atoms with Gasteiger partial charge in [-0.15, -0.1) is 0 Å². The van der Waals surface area contributed by atoms with Crippen LogP contribution in [0.15, 0.2) is 48.5 Å². The summed E-state index contributed by atoms with van der Waals surface area (Å²) in [7, 11) is 3.70. The van der Waals surface area contributed by atoms with Crippen LogP contribution in [-0.2, 0) is 12.4 Å². The molecule has 11 heteroatoms. The fourth-order valence-electron chi connectivity index (χ4n) is 4.06. The molecule has 0 bridgehead atoms. The standard InChI is InChI=1S/C23H27F6N2PSSe/c1-5-15(2)14-33-32(34)30(3)20(16-8-6-10-18(12-16)22(24,25)26)21(31(32)4)17-9-7-11-19(13-17)23(27,28)29/h6-13,15,20-21H,5,14H2,1-4H3/t15?,20-,21-/m1/s1. The van der Waals surface area contributed by atoms with Crippen LogP contribution in [0.25, 0.3) is 0 Å². The van der Waals surface area contributed by atoms with Crippen molar-refractivity contribution in [1.82, 2.24) is 9.34 Å². The van der Waals surface area contributed by atoms with E-state index in [4.69, 9.17) is 0 Å². The van der Waals surface area contributed by atoms with E-state index in [0.717, 1.165) is 36.4 Å². The molecule has 0 saturated carbocycles. The molecule has 0 aliphatic carbocycles. The summed E-state index contributed by atoms with van der Waals surface area (Å²) in [6.45, 7) is 4.22. The van der Waals surface area contributed by atoms with Crippen molar-refractivity contribution in [2.45, 2.75) is 44.7 Å². The van der Waals surface area contributed by atoms with Crippen LogP contribution in [0.2, 0.25) is 0 Å². The Balaban J connectivity index is 2.15. The van der Waals surface area contributed by atoms with Crippen molar-refractivity contribution in [1.29, 1.82) is 0 Å². The van der Waals surface area contributed by atoms with Gasteiger partial charge in [-0.25, -0.2) is 0 Å². The molecule has 0 amide bonds. The first-order valence-electron chi connectivity index (χ1n) is 10.8. The van der Waals surface area contributed by atoms with E-state index in [2.05, 4.69) is 28.9 Å². The normalized spacial score (nSPS) is 22.8. The minimum absolute atomic E-state index is 0.424. The molecule has 1 aliphatic rings. The third-order valence-electron chi connectivity index (χ3n) is 6.24. The van der Waals surface area contributed by atoms with E-state index in [1.807, 2.05) is 23.4 Å². The van der Waals surface area contributed by atoms with Crippen LogP contribution in [0.3, 0.4) is 0 Å². The molecule has 1 saturated heterocycles. The van der Waals surface area contributed by atoms with Crippen molar-refractivity contribution in [3.05, 3.63) is 70.8 Å². The quantitative estimate of drug-likeness (QED) is 0.192. The number of alkyl halides is 6. The molecule has 1 heterocycles. The van der Waals surface area contributed by atoms with Gasteiger partial charge in [0.1, 0.15) is 0 Å². The topological polar surface area (TPSA) is 6.48 Å². The summed E-state index contributed by atoms with van der Waals surface area (Å²) in [4.78, 5) is 0. The number of hydrogen-bond donors (Lipinski definition) is 0. The van der Waals surface area contributed by atoms with E-state index in [1.54, 1.807) is 23.5 Å². The second kappa shape index (κ2) is 10.3. The summed E-state index contributed by atoms with van der Waals surface area (Å²) in [5.41, 5.74) is -0.695. The Kier molecular flexibility index (Phi) is 8.44. The van der Waals surface area contributed by atoms with Crippen LogP contribution < -0.4 is 0 Å². The Morgan fingerprint density at radius 1 is 0.882 bits per heavy atom. The Labute approximate surface area is 208 Å². The molecule has 2 aromatic rings. The zero-order chi connectivity index (χ0) is 25.5. The Hall–Kier alpha value is -0.761. The number of hydrogen-bond acceptors (Lipinski definition) is 3. The van der Waals surface area contributed by atoms with Gasteiger partial charge in [-0.2, -0.15) is 0 Å². The molecule has 3 atom stereocenters. The van der Waals surface area contributed by atoms with E-state index in [-0.39, 0.29) is 0 Å². The van der Waals surface area contributed by atoms with Gasteiger partial charge in [-0.3, -0.25) is 0 Å². The van der Waals surface area contributed by atoms with Crippen LogP contribution in [-0.4, -0.2) is 44.3 Å². The van der Waals surface area contributed by atoms with Crippen LogP contribution in [0.5, 0.6) is 0 Å². The zero-order valence-corrected chi connectivity index (χ0v) is 22.6. The van der Waals surface area contributed by atoms with Gasteiger partial charge in [0, 0.05) is 0 Å². The Morgan fingerprint density at radius 3 is 1.65 bits per heavy atom. The van der Waals surface area contributed by atoms with Crippen molar-refractivity contribution in [3.63, 3.8) is 0 Å². The van der Waals surface area contributed by atoms with E-state index >= 15 is 0 Å². The predicted octanol–water partition coefficient (Wildman–Crippen LogP) is 8.01. The number of rotatable bonds is 6. The number of halogens is 6. The average Bonchev–Trinajstić information content (AvgIpc) is 2.97. The first-order chi connectivity index (χ1) is 15.7. The van der Waals surface area contributed by atoms with Crippen LogP contribution in [0.4, 0.5) is 26.3 Å². The minimum atomic E-state index is -4.51. The molecule has 3 rings (SSSR count). The first-order valence-corrected chi connectivity index (χ1v) is 16.3. The summed E-state index contributed by atoms with van der Waals surface area (Å²) in [6, 6.07) is 9.11. The van der Waals surface area contributed by atoms with E-state index in [1.165, 1.54) is 12.1 Å². The third-order valence-corrected chi connectivity index (χ3v) is 17.6. The maximum atomic E-state index is 13.5. The van der Waals surface area contributed by atoms with Crippen molar-refractivity contribution < 1.29 is 26.3 Å². The molecular weight excluding hydrogens is 560 g/mol. The monoisotopic (exact) mass is 588 g/mol. The molecule has 34 heavy (non-hydrogen) atoms. The number of nitrogens with zero attached hydrogens (tertiary/aromatic N) is 2. The summed E-state index contributed by atoms with van der Waals surface area (Å²) in [5.74, 6) is 1.26. The molecule has 0 spiro atoms. The molecule has 188 valence electrons. The Morgan fingerprint density at radius 2 is 1.29 bits per heavy atom. The number of likely N-dealkylation sites (N-methyl/N-ethyl adjacent to an activating group) is 2. The molecule has 0 radical (unpaired) electrons. The van der Waals surface area contributed by atoms with E-state index in [9.17, 15) is 26.3 Å². The average molecular weight is 587 g/mol. The molecule has 0 aromatic heterocycles. The van der Waals surface area contributed by atoms with Crippen molar-refractivity contribution in [3.8, 4) is 0 Å². The van der Waals surface area contributed by atoms with Gasteiger partial charge in [-0.05, 0) is 0 Å². The van der Waals surface area contributed by atoms with Crippen LogP contribution in [0, 0.1) is 5.92 Å². The van der Waals surface area contributed by atoms with Gasteiger partial charge >= 0.3 is 208 Å². The predicted molar refractivity (Wildman–Crippen MR) is 128 cm³/mol. The van der Waals surface area contributed by atoms with E-state index < -0.39 is 40.6 Å². The second-order valence-electron chi connectivity index (χ2n) is 8.58. The van der Waals surface area contributed by atoms with Crippen LogP contribution in [0.1, 0.15) is 54.6 Å². The third kappa shape index (κ3) is 5.63. The SMILES string of the molecule is CCC(C)CSP1(=[Se])N(C)[C@H](c2cccc(C(F)(F)F)c2)[C@@H](c2cccc(C(F)(F)F)c2)N1C. The second-order valence-corrected chi connectivity index (χ2v) is 18.5. The molecule has 0 N–H and O–H groups in total. The molecule has 2 nitrogen and oxygen atoms in total. The van der Waals surface area contributed by atoms with E-state index in [0.29, 0.717) is 17.0 Å². The van der Waals surface area contributed by atoms with Crippen molar-refractivity contribution >= 4 is 31.5 Å². The molecular formula is C23H27F6N2PSSe.